The summed E-state index contributed by atoms with van der Waals surface area (Å²) in [4.78, 5) is 28.4. The first kappa shape index (κ1) is 25.3. The first-order valence-corrected chi connectivity index (χ1v) is 11.4. The summed E-state index contributed by atoms with van der Waals surface area (Å²) in [6.07, 6.45) is -4.71. The molecule has 2 heterocycles. The predicted octanol–water partition coefficient (Wildman–Crippen LogP) is 5.06. The van der Waals surface area contributed by atoms with Gasteiger partial charge in [0.25, 0.3) is 5.91 Å². The van der Waals surface area contributed by atoms with E-state index in [1.165, 1.54) is 16.0 Å². The van der Waals surface area contributed by atoms with E-state index < -0.39 is 24.3 Å². The highest BCUT2D eigenvalue weighted by atomic mass is 19.4. The summed E-state index contributed by atoms with van der Waals surface area (Å²) < 4.78 is 43.7. The van der Waals surface area contributed by atoms with Crippen LogP contribution in [0.15, 0.2) is 35.4 Å². The van der Waals surface area contributed by atoms with Gasteiger partial charge < -0.3 is 9.64 Å². The maximum Gasteiger partial charge on any atom is 0.491 e. The van der Waals surface area contributed by atoms with Crippen molar-refractivity contribution in [3.8, 4) is 0 Å². The third-order valence-electron chi connectivity index (χ3n) is 6.72. The van der Waals surface area contributed by atoms with Crippen LogP contribution in [0.4, 0.5) is 13.2 Å². The van der Waals surface area contributed by atoms with Crippen LogP contribution in [-0.4, -0.2) is 59.8 Å². The Morgan fingerprint density at radius 3 is 2.18 bits per heavy atom. The average Bonchev–Trinajstić information content (AvgIpc) is 2.74. The summed E-state index contributed by atoms with van der Waals surface area (Å²) >= 11 is 0. The van der Waals surface area contributed by atoms with Crippen LogP contribution in [0.5, 0.6) is 0 Å². The summed E-state index contributed by atoms with van der Waals surface area (Å²) in [5, 5.41) is 0. The zero-order valence-corrected chi connectivity index (χ0v) is 20.0. The van der Waals surface area contributed by atoms with Crippen LogP contribution < -0.4 is 0 Å². The molecule has 0 saturated carbocycles. The van der Waals surface area contributed by atoms with Gasteiger partial charge in [0.2, 0.25) is 0 Å². The monoisotopic (exact) mass is 466 g/mol. The molecule has 2 aliphatic heterocycles. The minimum atomic E-state index is -5.11. The van der Waals surface area contributed by atoms with Gasteiger partial charge >= 0.3 is 12.1 Å². The SMILES string of the molecule is CC1=C(C)CN(C2CCN(C(=O)c3ccc(C(C)(C)C)cc3)C(OC(=O)C(F)(F)F)C2)CC1. The van der Waals surface area contributed by atoms with Crippen molar-refractivity contribution in [2.24, 2.45) is 0 Å². The van der Waals surface area contributed by atoms with E-state index in [1.54, 1.807) is 12.1 Å². The van der Waals surface area contributed by atoms with Crippen molar-refractivity contribution in [3.63, 3.8) is 0 Å². The first-order valence-electron chi connectivity index (χ1n) is 11.4. The first-order chi connectivity index (χ1) is 15.3. The second-order valence-corrected chi connectivity index (χ2v) is 10.1. The van der Waals surface area contributed by atoms with Crippen LogP contribution in [0, 0.1) is 0 Å². The molecule has 8 heteroatoms. The topological polar surface area (TPSA) is 49.9 Å². The van der Waals surface area contributed by atoms with Crippen LogP contribution in [0.3, 0.4) is 0 Å². The second kappa shape index (κ2) is 9.49. The van der Waals surface area contributed by atoms with Crippen LogP contribution in [-0.2, 0) is 14.9 Å². The summed E-state index contributed by atoms with van der Waals surface area (Å²) in [5.41, 5.74) is 3.90. The van der Waals surface area contributed by atoms with Gasteiger partial charge in [-0.2, -0.15) is 13.2 Å². The Morgan fingerprint density at radius 1 is 1.00 bits per heavy atom. The molecule has 0 aromatic heterocycles. The zero-order valence-electron chi connectivity index (χ0n) is 20.0. The van der Waals surface area contributed by atoms with Crippen molar-refractivity contribution >= 4 is 11.9 Å². The summed E-state index contributed by atoms with van der Waals surface area (Å²) in [6.45, 7) is 12.1. The maximum absolute atomic E-state index is 13.2. The van der Waals surface area contributed by atoms with Crippen LogP contribution >= 0.6 is 0 Å². The molecule has 1 fully saturated rings. The fourth-order valence-electron chi connectivity index (χ4n) is 4.41. The molecule has 0 radical (unpaired) electrons. The number of ether oxygens (including phenoxy) is 1. The van der Waals surface area contributed by atoms with Crippen molar-refractivity contribution < 1.29 is 27.5 Å². The zero-order chi connectivity index (χ0) is 24.6. The molecule has 182 valence electrons. The molecular formula is C25H33F3N2O3. The van der Waals surface area contributed by atoms with Gasteiger partial charge in [0.05, 0.1) is 0 Å². The fourth-order valence-corrected chi connectivity index (χ4v) is 4.41. The normalized spacial score (nSPS) is 23.0. The standard InChI is InChI=1S/C25H33F3N2O3/c1-16-10-12-29(15-17(16)2)20-11-13-30(21(14-20)33-23(32)25(26,27)28)22(31)18-6-8-19(9-7-18)24(3,4)5/h6-9,20-21H,10-15H2,1-5H3. The van der Waals surface area contributed by atoms with Gasteiger partial charge in [-0.15, -0.1) is 0 Å². The molecule has 33 heavy (non-hydrogen) atoms. The van der Waals surface area contributed by atoms with Crippen LogP contribution in [0.2, 0.25) is 0 Å². The molecule has 1 aromatic carbocycles. The Labute approximate surface area is 193 Å². The Kier molecular flexibility index (Phi) is 7.27. The van der Waals surface area contributed by atoms with E-state index in [4.69, 9.17) is 4.74 Å². The number of halogens is 3. The third-order valence-corrected chi connectivity index (χ3v) is 6.72. The minimum absolute atomic E-state index is 0.0635. The second-order valence-electron chi connectivity index (χ2n) is 10.1. The van der Waals surface area contributed by atoms with E-state index in [1.807, 2.05) is 12.1 Å². The Balaban J connectivity index is 1.80. The lowest BCUT2D eigenvalue weighted by Gasteiger charge is -2.44. The number of nitrogens with zero attached hydrogens (tertiary/aromatic N) is 2. The lowest BCUT2D eigenvalue weighted by Crippen LogP contribution is -2.55. The molecule has 2 unspecified atom stereocenters. The molecule has 2 aliphatic rings. The predicted molar refractivity (Wildman–Crippen MR) is 120 cm³/mol. The summed E-state index contributed by atoms with van der Waals surface area (Å²) in [6, 6.07) is 6.99. The Bertz CT molecular complexity index is 916. The number of piperidine rings is 1. The number of likely N-dealkylation sites (tertiary alicyclic amines) is 1. The summed E-state index contributed by atoms with van der Waals surface area (Å²) in [5.74, 6) is -2.70. The third kappa shape index (κ3) is 5.96. The van der Waals surface area contributed by atoms with Crippen molar-refractivity contribution in [1.29, 1.82) is 0 Å². The molecule has 0 N–H and O–H groups in total. The number of rotatable bonds is 3. The number of carbonyl (C=O) groups excluding carboxylic acids is 2. The van der Waals surface area contributed by atoms with Gasteiger partial charge in [-0.3, -0.25) is 9.69 Å². The lowest BCUT2D eigenvalue weighted by molar-refractivity contribution is -0.214. The molecule has 0 spiro atoms. The minimum Gasteiger partial charge on any atom is -0.435 e. The molecule has 1 saturated heterocycles. The smallest absolute Gasteiger partial charge is 0.435 e. The van der Waals surface area contributed by atoms with Crippen LogP contribution in [0.1, 0.15) is 69.8 Å². The summed E-state index contributed by atoms with van der Waals surface area (Å²) in [7, 11) is 0. The van der Waals surface area contributed by atoms with Gasteiger partial charge in [-0.1, -0.05) is 44.1 Å². The molecule has 0 aliphatic carbocycles. The van der Waals surface area contributed by atoms with E-state index in [2.05, 4.69) is 39.5 Å². The highest BCUT2D eigenvalue weighted by molar-refractivity contribution is 5.94. The van der Waals surface area contributed by atoms with Crippen molar-refractivity contribution in [1.82, 2.24) is 9.80 Å². The van der Waals surface area contributed by atoms with Gasteiger partial charge in [0.15, 0.2) is 6.23 Å². The number of esters is 1. The molecule has 2 atom stereocenters. The molecule has 0 bridgehead atoms. The van der Waals surface area contributed by atoms with Crippen molar-refractivity contribution in [3.05, 3.63) is 46.5 Å². The molecule has 1 aromatic rings. The van der Waals surface area contributed by atoms with E-state index in [-0.39, 0.29) is 24.4 Å². The Morgan fingerprint density at radius 2 is 1.64 bits per heavy atom. The van der Waals surface area contributed by atoms with Gasteiger partial charge in [0, 0.05) is 37.7 Å². The largest absolute Gasteiger partial charge is 0.491 e. The van der Waals surface area contributed by atoms with Crippen molar-refractivity contribution in [2.45, 2.75) is 77.7 Å². The lowest BCUT2D eigenvalue weighted by atomic mass is 9.86. The number of hydrogen-bond acceptors (Lipinski definition) is 4. The van der Waals surface area contributed by atoms with Gasteiger partial charge in [-0.05, 0) is 49.8 Å². The number of carbonyl (C=O) groups is 2. The number of amides is 1. The van der Waals surface area contributed by atoms with Gasteiger partial charge in [0.1, 0.15) is 0 Å². The quantitative estimate of drug-likeness (QED) is 0.462. The fraction of sp³-hybridized carbons (Fsp3) is 0.600. The number of alkyl halides is 3. The Hall–Kier alpha value is -2.35. The van der Waals surface area contributed by atoms with E-state index in [0.29, 0.717) is 12.0 Å². The number of hydrogen-bond donors (Lipinski definition) is 0. The molecule has 5 nitrogen and oxygen atoms in total. The van der Waals surface area contributed by atoms with E-state index in [0.717, 1.165) is 25.1 Å². The van der Waals surface area contributed by atoms with E-state index in [9.17, 15) is 22.8 Å². The van der Waals surface area contributed by atoms with Crippen LogP contribution in [0.25, 0.3) is 0 Å². The molecule has 1 amide bonds. The van der Waals surface area contributed by atoms with Gasteiger partial charge in [-0.25, -0.2) is 4.79 Å². The van der Waals surface area contributed by atoms with Crippen molar-refractivity contribution in [2.75, 3.05) is 19.6 Å². The van der Waals surface area contributed by atoms with E-state index >= 15 is 0 Å². The molecular weight excluding hydrogens is 433 g/mol. The maximum atomic E-state index is 13.2. The highest BCUT2D eigenvalue weighted by Crippen LogP contribution is 2.30. The average molecular weight is 467 g/mol. The molecule has 3 rings (SSSR count). The number of benzene rings is 1. The highest BCUT2D eigenvalue weighted by Gasteiger charge is 2.45.